The summed E-state index contributed by atoms with van der Waals surface area (Å²) in [6.45, 7) is 2.92. The molecule has 1 heterocycles. The van der Waals surface area contributed by atoms with Crippen LogP contribution in [0.5, 0.6) is 5.75 Å². The number of carbonyl (C=O) groups excluding carboxylic acids is 2. The number of hydrogen-bond acceptors (Lipinski definition) is 3. The number of halogens is 1. The molecule has 6 heteroatoms. The van der Waals surface area contributed by atoms with Gasteiger partial charge in [-0.25, -0.2) is 0 Å². The predicted octanol–water partition coefficient (Wildman–Crippen LogP) is 3.69. The van der Waals surface area contributed by atoms with Gasteiger partial charge >= 0.3 is 0 Å². The molecule has 0 saturated heterocycles. The second-order valence-corrected chi connectivity index (χ2v) is 6.40. The van der Waals surface area contributed by atoms with Gasteiger partial charge in [0.1, 0.15) is 5.75 Å². The van der Waals surface area contributed by atoms with Crippen molar-refractivity contribution in [1.82, 2.24) is 5.32 Å². The molecule has 0 saturated carbocycles. The Labute approximate surface area is 151 Å². The molecule has 0 atom stereocenters. The van der Waals surface area contributed by atoms with Crippen LogP contribution in [0.2, 0.25) is 5.02 Å². The number of aryl methyl sites for hydroxylation is 1. The number of anilines is 1. The Kier molecular flexibility index (Phi) is 5.24. The summed E-state index contributed by atoms with van der Waals surface area (Å²) in [7, 11) is 0. The Balaban J connectivity index is 1.45. The van der Waals surface area contributed by atoms with Crippen molar-refractivity contribution in [3.8, 4) is 5.75 Å². The lowest BCUT2D eigenvalue weighted by atomic mass is 10.1. The van der Waals surface area contributed by atoms with Gasteiger partial charge < -0.3 is 15.4 Å². The van der Waals surface area contributed by atoms with Gasteiger partial charge in [-0.2, -0.15) is 0 Å². The first-order valence-electron chi connectivity index (χ1n) is 8.13. The molecular formula is C19H19ClN2O3. The van der Waals surface area contributed by atoms with Gasteiger partial charge in [-0.15, -0.1) is 0 Å². The highest BCUT2D eigenvalue weighted by atomic mass is 35.5. The van der Waals surface area contributed by atoms with Crippen LogP contribution >= 0.6 is 11.6 Å². The number of benzene rings is 2. The van der Waals surface area contributed by atoms with Gasteiger partial charge in [0.15, 0.2) is 0 Å². The highest BCUT2D eigenvalue weighted by Crippen LogP contribution is 2.22. The normalized spacial score (nSPS) is 12.5. The molecule has 2 N–H and O–H groups in total. The molecule has 0 unspecified atom stereocenters. The van der Waals surface area contributed by atoms with E-state index in [0.29, 0.717) is 42.3 Å². The average Bonchev–Trinajstić information content (AvgIpc) is 2.94. The van der Waals surface area contributed by atoms with Gasteiger partial charge in [0.05, 0.1) is 6.61 Å². The van der Waals surface area contributed by atoms with Crippen molar-refractivity contribution >= 4 is 29.1 Å². The molecule has 1 aliphatic heterocycles. The Bertz CT molecular complexity index is 820. The quantitative estimate of drug-likeness (QED) is 0.774. The highest BCUT2D eigenvalue weighted by Gasteiger charge is 2.19. The minimum Gasteiger partial charge on any atom is -0.493 e. The first-order chi connectivity index (χ1) is 12.0. The highest BCUT2D eigenvalue weighted by molar-refractivity contribution is 6.30. The van der Waals surface area contributed by atoms with Crippen LogP contribution in [-0.4, -0.2) is 18.4 Å². The fourth-order valence-corrected chi connectivity index (χ4v) is 2.93. The first kappa shape index (κ1) is 17.3. The molecule has 1 aliphatic rings. The van der Waals surface area contributed by atoms with Gasteiger partial charge in [-0.1, -0.05) is 17.7 Å². The van der Waals surface area contributed by atoms with Crippen LogP contribution in [0, 0.1) is 6.92 Å². The molecule has 130 valence electrons. The maximum absolute atomic E-state index is 12.0. The van der Waals surface area contributed by atoms with Crippen LogP contribution < -0.4 is 15.4 Å². The first-order valence-corrected chi connectivity index (χ1v) is 8.50. The molecule has 2 aromatic carbocycles. The molecule has 0 aliphatic carbocycles. The third kappa shape index (κ3) is 4.31. The van der Waals surface area contributed by atoms with Crippen molar-refractivity contribution in [2.75, 3.05) is 11.9 Å². The molecule has 0 aromatic heterocycles. The number of fused-ring (bicyclic) bond motifs is 1. The number of rotatable bonds is 6. The van der Waals surface area contributed by atoms with E-state index in [9.17, 15) is 9.59 Å². The van der Waals surface area contributed by atoms with Crippen LogP contribution in [0.1, 0.15) is 34.3 Å². The van der Waals surface area contributed by atoms with E-state index in [1.54, 1.807) is 12.1 Å². The van der Waals surface area contributed by atoms with Crippen LogP contribution in [0.15, 0.2) is 36.4 Å². The Hall–Kier alpha value is -2.53. The van der Waals surface area contributed by atoms with Gasteiger partial charge in [-0.3, -0.25) is 9.59 Å². The van der Waals surface area contributed by atoms with Crippen molar-refractivity contribution in [2.45, 2.75) is 26.3 Å². The topological polar surface area (TPSA) is 67.4 Å². The van der Waals surface area contributed by atoms with Gasteiger partial charge in [0.2, 0.25) is 5.91 Å². The Morgan fingerprint density at radius 1 is 1.28 bits per heavy atom. The van der Waals surface area contributed by atoms with E-state index >= 15 is 0 Å². The number of carbonyl (C=O) groups is 2. The zero-order chi connectivity index (χ0) is 17.8. The average molecular weight is 359 g/mol. The smallest absolute Gasteiger partial charge is 0.251 e. The standard InChI is InChI=1S/C19H19ClN2O3/c1-12-9-14(20)5-7-17(12)25-8-2-3-18(23)22-15-6-4-13-11-21-19(24)16(13)10-15/h4-7,9-10H,2-3,8,11H2,1H3,(H,21,24)(H,22,23). The monoisotopic (exact) mass is 358 g/mol. The summed E-state index contributed by atoms with van der Waals surface area (Å²) >= 11 is 5.91. The van der Waals surface area contributed by atoms with Crippen LogP contribution in [-0.2, 0) is 11.3 Å². The van der Waals surface area contributed by atoms with Gasteiger partial charge in [0, 0.05) is 29.2 Å². The van der Waals surface area contributed by atoms with E-state index < -0.39 is 0 Å². The number of nitrogens with one attached hydrogen (secondary N) is 2. The van der Waals surface area contributed by atoms with Crippen LogP contribution in [0.3, 0.4) is 0 Å². The van der Waals surface area contributed by atoms with Crippen molar-refractivity contribution in [3.63, 3.8) is 0 Å². The van der Waals surface area contributed by atoms with Crippen molar-refractivity contribution in [3.05, 3.63) is 58.1 Å². The molecule has 0 radical (unpaired) electrons. The van der Waals surface area contributed by atoms with E-state index in [1.807, 2.05) is 31.2 Å². The maximum atomic E-state index is 12.0. The molecule has 2 aromatic rings. The maximum Gasteiger partial charge on any atom is 0.251 e. The molecule has 0 fully saturated rings. The number of ether oxygens (including phenoxy) is 1. The van der Waals surface area contributed by atoms with E-state index in [2.05, 4.69) is 10.6 Å². The second-order valence-electron chi connectivity index (χ2n) is 5.96. The fraction of sp³-hybridized carbons (Fsp3) is 0.263. The van der Waals surface area contributed by atoms with Crippen molar-refractivity contribution in [1.29, 1.82) is 0 Å². The third-order valence-corrected chi connectivity index (χ3v) is 4.26. The van der Waals surface area contributed by atoms with Gasteiger partial charge in [0.25, 0.3) is 5.91 Å². The minimum absolute atomic E-state index is 0.0992. The molecule has 25 heavy (non-hydrogen) atoms. The van der Waals surface area contributed by atoms with E-state index in [0.717, 1.165) is 16.9 Å². The van der Waals surface area contributed by atoms with E-state index in [1.165, 1.54) is 0 Å². The lowest BCUT2D eigenvalue weighted by molar-refractivity contribution is -0.116. The lowest BCUT2D eigenvalue weighted by Gasteiger charge is -2.10. The van der Waals surface area contributed by atoms with E-state index in [-0.39, 0.29) is 11.8 Å². The predicted molar refractivity (Wildman–Crippen MR) is 97.2 cm³/mol. The van der Waals surface area contributed by atoms with Gasteiger partial charge in [-0.05, 0) is 54.8 Å². The number of amides is 2. The van der Waals surface area contributed by atoms with Crippen molar-refractivity contribution in [2.24, 2.45) is 0 Å². The minimum atomic E-state index is -0.102. The van der Waals surface area contributed by atoms with Crippen molar-refractivity contribution < 1.29 is 14.3 Å². The summed E-state index contributed by atoms with van der Waals surface area (Å²) in [5.41, 5.74) is 3.18. The Morgan fingerprint density at radius 3 is 2.92 bits per heavy atom. The zero-order valence-electron chi connectivity index (χ0n) is 13.9. The second kappa shape index (κ2) is 7.57. The molecule has 2 amide bonds. The Morgan fingerprint density at radius 2 is 2.12 bits per heavy atom. The molecule has 0 spiro atoms. The molecule has 5 nitrogen and oxygen atoms in total. The van der Waals surface area contributed by atoms with Crippen LogP contribution in [0.25, 0.3) is 0 Å². The SMILES string of the molecule is Cc1cc(Cl)ccc1OCCCC(=O)Nc1ccc2c(c1)C(=O)NC2. The summed E-state index contributed by atoms with van der Waals surface area (Å²) in [6, 6.07) is 10.8. The largest absolute Gasteiger partial charge is 0.493 e. The van der Waals surface area contributed by atoms with E-state index in [4.69, 9.17) is 16.3 Å². The molecule has 3 rings (SSSR count). The lowest BCUT2D eigenvalue weighted by Crippen LogP contribution is -2.14. The third-order valence-electron chi connectivity index (χ3n) is 4.02. The summed E-state index contributed by atoms with van der Waals surface area (Å²) < 4.78 is 5.68. The van der Waals surface area contributed by atoms with Crippen LogP contribution in [0.4, 0.5) is 5.69 Å². The molecular weight excluding hydrogens is 340 g/mol. The summed E-state index contributed by atoms with van der Waals surface area (Å²) in [4.78, 5) is 23.7. The summed E-state index contributed by atoms with van der Waals surface area (Å²) in [5, 5.41) is 6.25. The zero-order valence-corrected chi connectivity index (χ0v) is 14.7. The molecule has 0 bridgehead atoms. The summed E-state index contributed by atoms with van der Waals surface area (Å²) in [6.07, 6.45) is 0.940. The number of hydrogen-bond donors (Lipinski definition) is 2. The fourth-order valence-electron chi connectivity index (χ4n) is 2.70. The summed E-state index contributed by atoms with van der Waals surface area (Å²) in [5.74, 6) is 0.571.